The standard InChI is InChI=1S/C17H24N2O3/c1-12(2)22-15-10-8-14(9-11-15)17(21)19-18-16(20)13-6-4-3-5-7-13/h8-13H,3-7H2,1-2H3,(H,18,20)(H,19,21). The summed E-state index contributed by atoms with van der Waals surface area (Å²) in [4.78, 5) is 24.0. The molecule has 1 fully saturated rings. The van der Waals surface area contributed by atoms with Crippen LogP contribution in [0.1, 0.15) is 56.3 Å². The van der Waals surface area contributed by atoms with Crippen molar-refractivity contribution in [1.29, 1.82) is 0 Å². The van der Waals surface area contributed by atoms with Gasteiger partial charge in [0.15, 0.2) is 0 Å². The van der Waals surface area contributed by atoms with Crippen molar-refractivity contribution < 1.29 is 14.3 Å². The van der Waals surface area contributed by atoms with Crippen LogP contribution in [0.15, 0.2) is 24.3 Å². The Labute approximate surface area is 131 Å². The third-order valence-electron chi connectivity index (χ3n) is 3.76. The van der Waals surface area contributed by atoms with Crippen molar-refractivity contribution in [2.45, 2.75) is 52.1 Å². The molecule has 2 N–H and O–H groups in total. The van der Waals surface area contributed by atoms with Crippen molar-refractivity contribution in [1.82, 2.24) is 10.9 Å². The molecular formula is C17H24N2O3. The highest BCUT2D eigenvalue weighted by Crippen LogP contribution is 2.23. The first-order valence-electron chi connectivity index (χ1n) is 7.93. The topological polar surface area (TPSA) is 67.4 Å². The van der Waals surface area contributed by atoms with Gasteiger partial charge in [0.25, 0.3) is 5.91 Å². The van der Waals surface area contributed by atoms with Crippen LogP contribution in [-0.2, 0) is 4.79 Å². The molecule has 0 aliphatic heterocycles. The molecule has 0 atom stereocenters. The van der Waals surface area contributed by atoms with Crippen LogP contribution in [0.5, 0.6) is 5.75 Å². The number of rotatable bonds is 4. The van der Waals surface area contributed by atoms with Crippen LogP contribution in [0.2, 0.25) is 0 Å². The maximum absolute atomic E-state index is 12.0. The van der Waals surface area contributed by atoms with Crippen LogP contribution in [0.25, 0.3) is 0 Å². The van der Waals surface area contributed by atoms with Crippen LogP contribution in [0.4, 0.5) is 0 Å². The Hall–Kier alpha value is -2.04. The Balaban J connectivity index is 1.82. The summed E-state index contributed by atoms with van der Waals surface area (Å²) in [5, 5.41) is 0. The van der Waals surface area contributed by atoms with E-state index in [4.69, 9.17) is 4.74 Å². The van der Waals surface area contributed by atoms with Crippen LogP contribution < -0.4 is 15.6 Å². The number of benzene rings is 1. The molecule has 0 saturated heterocycles. The number of hydrogen-bond acceptors (Lipinski definition) is 3. The smallest absolute Gasteiger partial charge is 0.269 e. The molecule has 22 heavy (non-hydrogen) atoms. The minimum Gasteiger partial charge on any atom is -0.491 e. The van der Waals surface area contributed by atoms with Crippen LogP contribution in [0, 0.1) is 5.92 Å². The molecular weight excluding hydrogens is 280 g/mol. The van der Waals surface area contributed by atoms with Gasteiger partial charge in [0, 0.05) is 11.5 Å². The van der Waals surface area contributed by atoms with E-state index in [-0.39, 0.29) is 23.8 Å². The summed E-state index contributed by atoms with van der Waals surface area (Å²) >= 11 is 0. The summed E-state index contributed by atoms with van der Waals surface area (Å²) in [6.45, 7) is 3.89. The lowest BCUT2D eigenvalue weighted by Crippen LogP contribution is -2.44. The fourth-order valence-corrected chi connectivity index (χ4v) is 2.61. The van der Waals surface area contributed by atoms with Crippen molar-refractivity contribution in [3.8, 4) is 5.75 Å². The summed E-state index contributed by atoms with van der Waals surface area (Å²) in [7, 11) is 0. The molecule has 2 amide bonds. The Bertz CT molecular complexity index is 505. The van der Waals surface area contributed by atoms with Gasteiger partial charge in [-0.3, -0.25) is 20.4 Å². The highest BCUT2D eigenvalue weighted by molar-refractivity contribution is 5.95. The van der Waals surface area contributed by atoms with Gasteiger partial charge in [-0.1, -0.05) is 19.3 Å². The zero-order chi connectivity index (χ0) is 15.9. The zero-order valence-corrected chi connectivity index (χ0v) is 13.2. The first-order valence-corrected chi connectivity index (χ1v) is 7.93. The third-order valence-corrected chi connectivity index (χ3v) is 3.76. The van der Waals surface area contributed by atoms with Crippen molar-refractivity contribution >= 4 is 11.8 Å². The predicted octanol–water partition coefficient (Wildman–Crippen LogP) is 2.82. The maximum atomic E-state index is 12.0. The number of amides is 2. The molecule has 0 aromatic heterocycles. The quantitative estimate of drug-likeness (QED) is 0.841. The van der Waals surface area contributed by atoms with E-state index < -0.39 is 0 Å². The SMILES string of the molecule is CC(C)Oc1ccc(C(=O)NNC(=O)C2CCCCC2)cc1. The summed E-state index contributed by atoms with van der Waals surface area (Å²) in [5.74, 6) is 0.335. The monoisotopic (exact) mass is 304 g/mol. The van der Waals surface area contributed by atoms with E-state index in [1.165, 1.54) is 6.42 Å². The largest absolute Gasteiger partial charge is 0.491 e. The van der Waals surface area contributed by atoms with Gasteiger partial charge in [-0.05, 0) is 51.0 Å². The summed E-state index contributed by atoms with van der Waals surface area (Å²) in [6, 6.07) is 6.86. The summed E-state index contributed by atoms with van der Waals surface area (Å²) < 4.78 is 5.53. The van der Waals surface area contributed by atoms with Crippen molar-refractivity contribution in [3.05, 3.63) is 29.8 Å². The molecule has 1 saturated carbocycles. The number of ether oxygens (including phenoxy) is 1. The Kier molecular flexibility index (Phi) is 5.81. The van der Waals surface area contributed by atoms with Crippen molar-refractivity contribution in [3.63, 3.8) is 0 Å². The average Bonchev–Trinajstić information content (AvgIpc) is 2.53. The fourth-order valence-electron chi connectivity index (χ4n) is 2.61. The van der Waals surface area contributed by atoms with E-state index in [9.17, 15) is 9.59 Å². The van der Waals surface area contributed by atoms with Crippen LogP contribution in [0.3, 0.4) is 0 Å². The molecule has 0 spiro atoms. The Morgan fingerprint density at radius 2 is 1.68 bits per heavy atom. The van der Waals surface area contributed by atoms with Gasteiger partial charge in [-0.2, -0.15) is 0 Å². The Morgan fingerprint density at radius 3 is 2.27 bits per heavy atom. The van der Waals surface area contributed by atoms with Gasteiger partial charge >= 0.3 is 0 Å². The van der Waals surface area contributed by atoms with Gasteiger partial charge < -0.3 is 4.74 Å². The maximum Gasteiger partial charge on any atom is 0.269 e. The summed E-state index contributed by atoms with van der Waals surface area (Å²) in [6.07, 6.45) is 5.27. The molecule has 0 heterocycles. The lowest BCUT2D eigenvalue weighted by molar-refractivity contribution is -0.126. The van der Waals surface area contributed by atoms with E-state index in [0.717, 1.165) is 31.4 Å². The van der Waals surface area contributed by atoms with Gasteiger partial charge in [0.1, 0.15) is 5.75 Å². The second-order valence-electron chi connectivity index (χ2n) is 5.97. The molecule has 1 aliphatic rings. The summed E-state index contributed by atoms with van der Waals surface area (Å²) in [5.41, 5.74) is 5.49. The molecule has 0 radical (unpaired) electrons. The number of hydrazine groups is 1. The normalized spacial score (nSPS) is 15.4. The number of carbonyl (C=O) groups excluding carboxylic acids is 2. The van der Waals surface area contributed by atoms with E-state index in [0.29, 0.717) is 5.56 Å². The first kappa shape index (κ1) is 16.3. The lowest BCUT2D eigenvalue weighted by Gasteiger charge is -2.20. The van der Waals surface area contributed by atoms with Crippen molar-refractivity contribution in [2.24, 2.45) is 5.92 Å². The number of nitrogens with one attached hydrogen (secondary N) is 2. The minimum atomic E-state index is -0.319. The number of hydrogen-bond donors (Lipinski definition) is 2. The van der Waals surface area contributed by atoms with E-state index >= 15 is 0 Å². The zero-order valence-electron chi connectivity index (χ0n) is 13.2. The van der Waals surface area contributed by atoms with Gasteiger partial charge in [-0.15, -0.1) is 0 Å². The van der Waals surface area contributed by atoms with E-state index in [2.05, 4.69) is 10.9 Å². The van der Waals surface area contributed by atoms with Gasteiger partial charge in [0.05, 0.1) is 6.10 Å². The van der Waals surface area contributed by atoms with Crippen LogP contribution in [-0.4, -0.2) is 17.9 Å². The highest BCUT2D eigenvalue weighted by Gasteiger charge is 2.21. The molecule has 120 valence electrons. The lowest BCUT2D eigenvalue weighted by atomic mass is 9.89. The highest BCUT2D eigenvalue weighted by atomic mass is 16.5. The molecule has 5 heteroatoms. The minimum absolute atomic E-state index is 0.0240. The second kappa shape index (κ2) is 7.82. The second-order valence-corrected chi connectivity index (χ2v) is 5.97. The first-order chi connectivity index (χ1) is 10.6. The van der Waals surface area contributed by atoms with E-state index in [1.54, 1.807) is 24.3 Å². The molecule has 0 bridgehead atoms. The molecule has 1 aliphatic carbocycles. The van der Waals surface area contributed by atoms with Crippen molar-refractivity contribution in [2.75, 3.05) is 0 Å². The average molecular weight is 304 g/mol. The molecule has 5 nitrogen and oxygen atoms in total. The number of carbonyl (C=O) groups is 2. The molecule has 0 unspecified atom stereocenters. The molecule has 2 rings (SSSR count). The van der Waals surface area contributed by atoms with Gasteiger partial charge in [0.2, 0.25) is 5.91 Å². The van der Waals surface area contributed by atoms with E-state index in [1.807, 2.05) is 13.8 Å². The molecule has 1 aromatic rings. The van der Waals surface area contributed by atoms with Gasteiger partial charge in [-0.25, -0.2) is 0 Å². The molecule has 1 aromatic carbocycles. The van der Waals surface area contributed by atoms with Crippen LogP contribution >= 0.6 is 0 Å². The fraction of sp³-hybridized carbons (Fsp3) is 0.529. The Morgan fingerprint density at radius 1 is 1.05 bits per heavy atom. The third kappa shape index (κ3) is 4.76. The predicted molar refractivity (Wildman–Crippen MR) is 84.4 cm³/mol.